The lowest BCUT2D eigenvalue weighted by atomic mass is 10.4. The summed E-state index contributed by atoms with van der Waals surface area (Å²) in [5.41, 5.74) is 0. The fraction of sp³-hybridized carbons (Fsp3) is 0. The van der Waals surface area contributed by atoms with Crippen molar-refractivity contribution in [2.75, 3.05) is 0 Å². The first-order valence-electron chi connectivity index (χ1n) is 2.37. The molecule has 0 aliphatic rings. The van der Waals surface area contributed by atoms with Crippen molar-refractivity contribution in [3.63, 3.8) is 0 Å². The SMILES string of the molecule is O=C(O)/C(F)=C(\F)C(F)=C(F)F. The molecule has 0 bridgehead atoms. The standard InChI is InChI=1S/C5HF5O2/c6-1(2(7)4(9)10)3(8)5(11)12/h(H,11,12)/b3-1+. The highest BCUT2D eigenvalue weighted by Crippen LogP contribution is 2.23. The smallest absolute Gasteiger partial charge is 0.367 e. The number of hydrogen-bond acceptors (Lipinski definition) is 1. The Balaban J connectivity index is 5.06. The highest BCUT2D eigenvalue weighted by molar-refractivity contribution is 5.85. The molecule has 1 N–H and O–H groups in total. The van der Waals surface area contributed by atoms with Gasteiger partial charge < -0.3 is 5.11 Å². The van der Waals surface area contributed by atoms with Gasteiger partial charge in [-0.15, -0.1) is 0 Å². The predicted octanol–water partition coefficient (Wildman–Crippen LogP) is 2.30. The van der Waals surface area contributed by atoms with Crippen molar-refractivity contribution in [2.45, 2.75) is 0 Å². The lowest BCUT2D eigenvalue weighted by molar-refractivity contribution is -0.134. The number of carboxylic acid groups (broad SMARTS) is 1. The Morgan fingerprint density at radius 2 is 1.25 bits per heavy atom. The van der Waals surface area contributed by atoms with Gasteiger partial charge in [0.1, 0.15) is 0 Å². The van der Waals surface area contributed by atoms with Crippen LogP contribution in [0.15, 0.2) is 23.6 Å². The van der Waals surface area contributed by atoms with E-state index in [1.807, 2.05) is 0 Å². The Morgan fingerprint density at radius 1 is 0.833 bits per heavy atom. The zero-order valence-corrected chi connectivity index (χ0v) is 5.25. The van der Waals surface area contributed by atoms with E-state index in [1.54, 1.807) is 0 Å². The van der Waals surface area contributed by atoms with Crippen LogP contribution < -0.4 is 0 Å². The van der Waals surface area contributed by atoms with Gasteiger partial charge in [0, 0.05) is 0 Å². The van der Waals surface area contributed by atoms with E-state index in [0.717, 1.165) is 0 Å². The summed E-state index contributed by atoms with van der Waals surface area (Å²) in [5.74, 6) is -10.6. The summed E-state index contributed by atoms with van der Waals surface area (Å²) in [6.07, 6.45) is -3.12. The highest BCUT2D eigenvalue weighted by Gasteiger charge is 2.21. The summed E-state index contributed by atoms with van der Waals surface area (Å²) in [5, 5.41) is 7.68. The molecule has 0 aliphatic heterocycles. The summed E-state index contributed by atoms with van der Waals surface area (Å²) in [4.78, 5) is 9.56. The van der Waals surface area contributed by atoms with E-state index in [1.165, 1.54) is 0 Å². The Morgan fingerprint density at radius 3 is 1.50 bits per heavy atom. The molecule has 0 unspecified atom stereocenters. The topological polar surface area (TPSA) is 37.3 Å². The van der Waals surface area contributed by atoms with Crippen LogP contribution in [0.4, 0.5) is 22.0 Å². The maximum atomic E-state index is 11.9. The van der Waals surface area contributed by atoms with Crippen molar-refractivity contribution in [1.29, 1.82) is 0 Å². The van der Waals surface area contributed by atoms with Crippen LogP contribution in [0.3, 0.4) is 0 Å². The molecule has 0 atom stereocenters. The summed E-state index contributed by atoms with van der Waals surface area (Å²) >= 11 is 0. The van der Waals surface area contributed by atoms with Gasteiger partial charge in [0.25, 0.3) is 0 Å². The molecule has 0 heterocycles. The van der Waals surface area contributed by atoms with Crippen LogP contribution in [-0.2, 0) is 4.79 Å². The Labute approximate surface area is 62.6 Å². The molecule has 0 saturated heterocycles. The maximum Gasteiger partial charge on any atom is 0.367 e. The fourth-order valence-electron chi connectivity index (χ4n) is 0.273. The normalized spacial score (nSPS) is 12.1. The van der Waals surface area contributed by atoms with Gasteiger partial charge in [0.2, 0.25) is 17.5 Å². The summed E-state index contributed by atoms with van der Waals surface area (Å²) in [7, 11) is 0. The summed E-state index contributed by atoms with van der Waals surface area (Å²) in [6, 6.07) is 0. The van der Waals surface area contributed by atoms with Gasteiger partial charge in [-0.25, -0.2) is 4.79 Å². The summed E-state index contributed by atoms with van der Waals surface area (Å²) < 4.78 is 57.8. The molecule has 0 spiro atoms. The van der Waals surface area contributed by atoms with Gasteiger partial charge in [-0.1, -0.05) is 0 Å². The monoisotopic (exact) mass is 188 g/mol. The van der Waals surface area contributed by atoms with Crippen molar-refractivity contribution in [2.24, 2.45) is 0 Å². The second-order valence-electron chi connectivity index (χ2n) is 1.51. The molecular weight excluding hydrogens is 187 g/mol. The molecular formula is C5HF5O2. The third-order valence-electron chi connectivity index (χ3n) is 0.739. The molecule has 0 aromatic rings. The van der Waals surface area contributed by atoms with Gasteiger partial charge in [0.05, 0.1) is 0 Å². The maximum absolute atomic E-state index is 11.9. The molecule has 0 saturated carbocycles. The molecule has 0 fully saturated rings. The van der Waals surface area contributed by atoms with Crippen LogP contribution in [0.2, 0.25) is 0 Å². The van der Waals surface area contributed by atoms with Crippen molar-refractivity contribution in [3.8, 4) is 0 Å². The van der Waals surface area contributed by atoms with Crippen LogP contribution in [0.25, 0.3) is 0 Å². The van der Waals surface area contributed by atoms with E-state index in [0.29, 0.717) is 0 Å². The Kier molecular flexibility index (Phi) is 3.39. The first kappa shape index (κ1) is 10.6. The van der Waals surface area contributed by atoms with Crippen molar-refractivity contribution in [3.05, 3.63) is 23.6 Å². The van der Waals surface area contributed by atoms with Crippen LogP contribution in [0, 0.1) is 0 Å². The minimum atomic E-state index is -3.12. The molecule has 12 heavy (non-hydrogen) atoms. The molecule has 2 nitrogen and oxygen atoms in total. The van der Waals surface area contributed by atoms with Gasteiger partial charge in [-0.05, 0) is 0 Å². The number of halogens is 5. The number of allylic oxidation sites excluding steroid dienone is 2. The number of carbonyl (C=O) groups is 1. The predicted molar refractivity (Wildman–Crippen MR) is 27.2 cm³/mol. The van der Waals surface area contributed by atoms with Gasteiger partial charge >= 0.3 is 12.0 Å². The Bertz CT molecular complexity index is 263. The minimum absolute atomic E-state index is 2.45. The van der Waals surface area contributed by atoms with E-state index in [9.17, 15) is 26.7 Å². The van der Waals surface area contributed by atoms with E-state index in [2.05, 4.69) is 0 Å². The van der Waals surface area contributed by atoms with Crippen LogP contribution in [-0.4, -0.2) is 11.1 Å². The molecule has 0 aromatic carbocycles. The molecule has 0 radical (unpaired) electrons. The molecule has 7 heteroatoms. The van der Waals surface area contributed by atoms with E-state index in [4.69, 9.17) is 5.11 Å². The zero-order valence-electron chi connectivity index (χ0n) is 5.25. The van der Waals surface area contributed by atoms with Crippen molar-refractivity contribution in [1.82, 2.24) is 0 Å². The van der Waals surface area contributed by atoms with Crippen LogP contribution in [0.1, 0.15) is 0 Å². The molecule has 0 amide bonds. The number of rotatable bonds is 2. The fourth-order valence-corrected chi connectivity index (χ4v) is 0.273. The first-order chi connectivity index (χ1) is 5.37. The van der Waals surface area contributed by atoms with Gasteiger partial charge in [-0.3, -0.25) is 0 Å². The highest BCUT2D eigenvalue weighted by atomic mass is 19.3. The number of aliphatic carboxylic acids is 1. The molecule has 0 rings (SSSR count). The minimum Gasteiger partial charge on any atom is -0.476 e. The lowest BCUT2D eigenvalue weighted by Crippen LogP contribution is -1.98. The van der Waals surface area contributed by atoms with Crippen molar-refractivity contribution >= 4 is 5.97 Å². The molecule has 0 aliphatic carbocycles. The summed E-state index contributed by atoms with van der Waals surface area (Å²) in [6.45, 7) is 0. The molecule has 0 aromatic heterocycles. The number of carboxylic acids is 1. The van der Waals surface area contributed by atoms with Crippen LogP contribution >= 0.6 is 0 Å². The third kappa shape index (κ3) is 2.33. The lowest BCUT2D eigenvalue weighted by Gasteiger charge is -1.91. The van der Waals surface area contributed by atoms with E-state index < -0.39 is 29.5 Å². The zero-order chi connectivity index (χ0) is 9.89. The van der Waals surface area contributed by atoms with E-state index in [-0.39, 0.29) is 0 Å². The van der Waals surface area contributed by atoms with Gasteiger partial charge in [0.15, 0.2) is 0 Å². The first-order valence-corrected chi connectivity index (χ1v) is 2.37. The Hall–Kier alpha value is -1.40. The third-order valence-corrected chi connectivity index (χ3v) is 0.739. The van der Waals surface area contributed by atoms with Gasteiger partial charge in [-0.2, -0.15) is 22.0 Å². The second kappa shape index (κ2) is 3.84. The van der Waals surface area contributed by atoms with E-state index >= 15 is 0 Å². The van der Waals surface area contributed by atoms with Crippen molar-refractivity contribution < 1.29 is 31.9 Å². The second-order valence-corrected chi connectivity index (χ2v) is 1.51. The van der Waals surface area contributed by atoms with Crippen LogP contribution in [0.5, 0.6) is 0 Å². The average Bonchev–Trinajstić information content (AvgIpc) is 2.00. The quantitative estimate of drug-likeness (QED) is 0.410. The number of hydrogen-bond donors (Lipinski definition) is 1. The molecule has 68 valence electrons. The average molecular weight is 188 g/mol. The largest absolute Gasteiger partial charge is 0.476 e.